The second-order valence-corrected chi connectivity index (χ2v) is 4.92. The van der Waals surface area contributed by atoms with Gasteiger partial charge in [-0.05, 0) is 44.4 Å². The molecule has 0 saturated carbocycles. The first-order valence-electron chi connectivity index (χ1n) is 6.65. The summed E-state index contributed by atoms with van der Waals surface area (Å²) in [7, 11) is 0. The summed E-state index contributed by atoms with van der Waals surface area (Å²) in [5, 5.41) is 6.34. The number of amides is 1. The third-order valence-corrected chi connectivity index (χ3v) is 3.34. The van der Waals surface area contributed by atoms with Crippen molar-refractivity contribution in [2.24, 2.45) is 0 Å². The van der Waals surface area contributed by atoms with Crippen LogP contribution < -0.4 is 10.6 Å². The fourth-order valence-corrected chi connectivity index (χ4v) is 2.20. The highest BCUT2D eigenvalue weighted by Crippen LogP contribution is 2.10. The van der Waals surface area contributed by atoms with Gasteiger partial charge in [-0.1, -0.05) is 6.07 Å². The standard InChI is InChI=1S/C14H21N3O/c1-11-4-5-12(9-16-11)10-17-14(18)7-6-13-3-2-8-15-13/h4-5,9,13,15H,2-3,6-8,10H2,1H3,(H,17,18). The van der Waals surface area contributed by atoms with Gasteiger partial charge in [0.15, 0.2) is 0 Å². The van der Waals surface area contributed by atoms with E-state index in [1.807, 2.05) is 25.3 Å². The molecule has 0 spiro atoms. The van der Waals surface area contributed by atoms with Crippen LogP contribution in [0.4, 0.5) is 0 Å². The predicted molar refractivity (Wildman–Crippen MR) is 71.1 cm³/mol. The van der Waals surface area contributed by atoms with E-state index in [1.54, 1.807) is 0 Å². The zero-order valence-electron chi connectivity index (χ0n) is 10.9. The maximum atomic E-state index is 11.7. The fraction of sp³-hybridized carbons (Fsp3) is 0.571. The van der Waals surface area contributed by atoms with E-state index in [1.165, 1.54) is 12.8 Å². The topological polar surface area (TPSA) is 54.0 Å². The van der Waals surface area contributed by atoms with Crippen LogP contribution in [0.5, 0.6) is 0 Å². The summed E-state index contributed by atoms with van der Waals surface area (Å²) in [5.41, 5.74) is 2.05. The maximum Gasteiger partial charge on any atom is 0.220 e. The smallest absolute Gasteiger partial charge is 0.220 e. The molecule has 1 unspecified atom stereocenters. The molecule has 1 aliphatic rings. The molecule has 1 fully saturated rings. The van der Waals surface area contributed by atoms with E-state index in [9.17, 15) is 4.79 Å². The van der Waals surface area contributed by atoms with E-state index in [-0.39, 0.29) is 5.91 Å². The molecule has 1 aliphatic heterocycles. The summed E-state index contributed by atoms with van der Waals surface area (Å²) in [4.78, 5) is 15.9. The number of hydrogen-bond donors (Lipinski definition) is 2. The monoisotopic (exact) mass is 247 g/mol. The number of aromatic nitrogens is 1. The molecule has 1 aromatic heterocycles. The maximum absolute atomic E-state index is 11.7. The van der Waals surface area contributed by atoms with Crippen LogP contribution in [0.3, 0.4) is 0 Å². The van der Waals surface area contributed by atoms with Gasteiger partial charge in [0.05, 0.1) is 0 Å². The Hall–Kier alpha value is -1.42. The highest BCUT2D eigenvalue weighted by molar-refractivity contribution is 5.75. The van der Waals surface area contributed by atoms with Crippen molar-refractivity contribution in [3.63, 3.8) is 0 Å². The van der Waals surface area contributed by atoms with Gasteiger partial charge in [-0.3, -0.25) is 9.78 Å². The molecule has 0 aromatic carbocycles. The molecule has 1 amide bonds. The Morgan fingerprint density at radius 2 is 2.44 bits per heavy atom. The van der Waals surface area contributed by atoms with Gasteiger partial charge >= 0.3 is 0 Å². The SMILES string of the molecule is Cc1ccc(CNC(=O)CCC2CCCN2)cn1. The van der Waals surface area contributed by atoms with Crippen LogP contribution in [0, 0.1) is 6.92 Å². The molecule has 1 saturated heterocycles. The first-order chi connectivity index (χ1) is 8.74. The van der Waals surface area contributed by atoms with Crippen LogP contribution in [0.2, 0.25) is 0 Å². The number of hydrogen-bond acceptors (Lipinski definition) is 3. The summed E-state index contributed by atoms with van der Waals surface area (Å²) in [5.74, 6) is 0.129. The van der Waals surface area contributed by atoms with Gasteiger partial charge in [-0.25, -0.2) is 0 Å². The van der Waals surface area contributed by atoms with Crippen molar-refractivity contribution in [3.8, 4) is 0 Å². The molecule has 0 bridgehead atoms. The van der Waals surface area contributed by atoms with Crippen LogP contribution in [0.25, 0.3) is 0 Å². The largest absolute Gasteiger partial charge is 0.352 e. The molecule has 2 rings (SSSR count). The molecular formula is C14H21N3O. The Kier molecular flexibility index (Phi) is 4.70. The Morgan fingerprint density at radius 3 is 3.11 bits per heavy atom. The molecule has 98 valence electrons. The number of carbonyl (C=O) groups excluding carboxylic acids is 1. The van der Waals surface area contributed by atoms with Gasteiger partial charge in [-0.2, -0.15) is 0 Å². The number of carbonyl (C=O) groups is 1. The zero-order valence-corrected chi connectivity index (χ0v) is 10.9. The minimum Gasteiger partial charge on any atom is -0.352 e. The summed E-state index contributed by atoms with van der Waals surface area (Å²) in [6.45, 7) is 3.63. The molecule has 2 heterocycles. The lowest BCUT2D eigenvalue weighted by Crippen LogP contribution is -2.27. The number of aryl methyl sites for hydroxylation is 1. The van der Waals surface area contributed by atoms with Gasteiger partial charge in [-0.15, -0.1) is 0 Å². The first-order valence-corrected chi connectivity index (χ1v) is 6.65. The first kappa shape index (κ1) is 13.0. The Labute approximate surface area is 108 Å². The highest BCUT2D eigenvalue weighted by Gasteiger charge is 2.14. The lowest BCUT2D eigenvalue weighted by Gasteiger charge is -2.10. The van der Waals surface area contributed by atoms with Crippen molar-refractivity contribution in [1.29, 1.82) is 0 Å². The molecule has 0 radical (unpaired) electrons. The van der Waals surface area contributed by atoms with Gasteiger partial charge in [0.2, 0.25) is 5.91 Å². The number of nitrogens with zero attached hydrogens (tertiary/aromatic N) is 1. The quantitative estimate of drug-likeness (QED) is 0.830. The molecule has 18 heavy (non-hydrogen) atoms. The summed E-state index contributed by atoms with van der Waals surface area (Å²) in [6.07, 6.45) is 5.81. The summed E-state index contributed by atoms with van der Waals surface area (Å²) < 4.78 is 0. The van der Waals surface area contributed by atoms with Crippen LogP contribution in [0.1, 0.15) is 36.9 Å². The third kappa shape index (κ3) is 4.11. The molecule has 2 N–H and O–H groups in total. The van der Waals surface area contributed by atoms with E-state index >= 15 is 0 Å². The van der Waals surface area contributed by atoms with Gasteiger partial charge in [0.1, 0.15) is 0 Å². The van der Waals surface area contributed by atoms with Crippen molar-refractivity contribution in [3.05, 3.63) is 29.6 Å². The molecule has 0 aliphatic carbocycles. The fourth-order valence-electron chi connectivity index (χ4n) is 2.20. The third-order valence-electron chi connectivity index (χ3n) is 3.34. The highest BCUT2D eigenvalue weighted by atomic mass is 16.1. The van der Waals surface area contributed by atoms with Crippen LogP contribution in [0.15, 0.2) is 18.3 Å². The molecule has 4 heteroatoms. The average Bonchev–Trinajstić information content (AvgIpc) is 2.89. The van der Waals surface area contributed by atoms with Crippen LogP contribution in [-0.4, -0.2) is 23.5 Å². The van der Waals surface area contributed by atoms with Gasteiger partial charge in [0.25, 0.3) is 0 Å². The predicted octanol–water partition coefficient (Wildman–Crippen LogP) is 1.54. The lowest BCUT2D eigenvalue weighted by atomic mass is 10.1. The summed E-state index contributed by atoms with van der Waals surface area (Å²) >= 11 is 0. The van der Waals surface area contributed by atoms with Crippen LogP contribution >= 0.6 is 0 Å². The minimum atomic E-state index is 0.129. The van der Waals surface area contributed by atoms with E-state index in [0.29, 0.717) is 19.0 Å². The molecular weight excluding hydrogens is 226 g/mol. The van der Waals surface area contributed by atoms with E-state index in [0.717, 1.165) is 24.2 Å². The van der Waals surface area contributed by atoms with E-state index in [2.05, 4.69) is 15.6 Å². The minimum absolute atomic E-state index is 0.129. The lowest BCUT2D eigenvalue weighted by molar-refractivity contribution is -0.121. The van der Waals surface area contributed by atoms with E-state index < -0.39 is 0 Å². The van der Waals surface area contributed by atoms with Gasteiger partial charge < -0.3 is 10.6 Å². The van der Waals surface area contributed by atoms with Crippen molar-refractivity contribution in [2.75, 3.05) is 6.54 Å². The molecule has 1 atom stereocenters. The number of rotatable bonds is 5. The van der Waals surface area contributed by atoms with E-state index in [4.69, 9.17) is 0 Å². The number of nitrogens with one attached hydrogen (secondary N) is 2. The van der Waals surface area contributed by atoms with Crippen molar-refractivity contribution < 1.29 is 4.79 Å². The molecule has 1 aromatic rings. The van der Waals surface area contributed by atoms with Crippen molar-refractivity contribution in [1.82, 2.24) is 15.6 Å². The molecule has 4 nitrogen and oxygen atoms in total. The second kappa shape index (κ2) is 6.50. The van der Waals surface area contributed by atoms with Crippen molar-refractivity contribution in [2.45, 2.75) is 45.2 Å². The average molecular weight is 247 g/mol. The van der Waals surface area contributed by atoms with Crippen LogP contribution in [-0.2, 0) is 11.3 Å². The second-order valence-electron chi connectivity index (χ2n) is 4.92. The zero-order chi connectivity index (χ0) is 12.8. The normalized spacial score (nSPS) is 18.8. The number of pyridine rings is 1. The Balaban J connectivity index is 1.66. The Morgan fingerprint density at radius 1 is 1.56 bits per heavy atom. The summed E-state index contributed by atoms with van der Waals surface area (Å²) in [6, 6.07) is 4.50. The van der Waals surface area contributed by atoms with Crippen molar-refractivity contribution >= 4 is 5.91 Å². The Bertz CT molecular complexity index is 383. The van der Waals surface area contributed by atoms with Gasteiger partial charge in [0, 0.05) is 30.9 Å².